The first-order valence-electron chi connectivity index (χ1n) is 14.4. The minimum Gasteiger partial charge on any atom is -0.493 e. The predicted molar refractivity (Wildman–Crippen MR) is 169 cm³/mol. The van der Waals surface area contributed by atoms with E-state index < -0.39 is 28.5 Å². The van der Waals surface area contributed by atoms with Crippen LogP contribution in [0.4, 0.5) is 5.69 Å². The average Bonchev–Trinajstić information content (AvgIpc) is 2.99. The van der Waals surface area contributed by atoms with Gasteiger partial charge in [-0.1, -0.05) is 43.3 Å². The first-order valence-corrected chi connectivity index (χ1v) is 15.8. The summed E-state index contributed by atoms with van der Waals surface area (Å²) in [6.45, 7) is 9.00. The molecule has 0 unspecified atom stereocenters. The van der Waals surface area contributed by atoms with Crippen LogP contribution in [0.15, 0.2) is 71.6 Å². The zero-order valence-electron chi connectivity index (χ0n) is 26.1. The number of benzene rings is 3. The summed E-state index contributed by atoms with van der Waals surface area (Å²) in [7, 11) is -1.37. The molecule has 3 aromatic carbocycles. The van der Waals surface area contributed by atoms with Crippen LogP contribution in [0.1, 0.15) is 43.9 Å². The smallest absolute Gasteiger partial charge is 0.264 e. The molecule has 0 bridgehead atoms. The number of amides is 2. The Morgan fingerprint density at radius 2 is 1.51 bits per heavy atom. The number of nitrogens with zero attached hydrogens (tertiary/aromatic N) is 2. The van der Waals surface area contributed by atoms with Crippen molar-refractivity contribution in [1.82, 2.24) is 10.2 Å². The van der Waals surface area contributed by atoms with Crippen LogP contribution >= 0.6 is 0 Å². The Morgan fingerprint density at radius 3 is 2.09 bits per heavy atom. The highest BCUT2D eigenvalue weighted by atomic mass is 32.2. The Balaban J connectivity index is 2.06. The van der Waals surface area contributed by atoms with Crippen molar-refractivity contribution >= 4 is 27.5 Å². The van der Waals surface area contributed by atoms with Gasteiger partial charge in [0, 0.05) is 18.7 Å². The van der Waals surface area contributed by atoms with Crippen molar-refractivity contribution in [1.29, 1.82) is 0 Å². The lowest BCUT2D eigenvalue weighted by atomic mass is 10.1. The molecule has 43 heavy (non-hydrogen) atoms. The van der Waals surface area contributed by atoms with E-state index >= 15 is 0 Å². The van der Waals surface area contributed by atoms with E-state index in [1.165, 1.54) is 37.3 Å². The second-order valence-corrected chi connectivity index (χ2v) is 12.6. The summed E-state index contributed by atoms with van der Waals surface area (Å²) >= 11 is 0. The fourth-order valence-corrected chi connectivity index (χ4v) is 6.18. The number of methoxy groups -OCH3 is 2. The van der Waals surface area contributed by atoms with E-state index in [2.05, 4.69) is 5.32 Å². The van der Waals surface area contributed by atoms with Gasteiger partial charge in [-0.3, -0.25) is 13.9 Å². The summed E-state index contributed by atoms with van der Waals surface area (Å²) < 4.78 is 40.2. The molecule has 0 aliphatic rings. The Bertz CT molecular complexity index is 1490. The zero-order chi connectivity index (χ0) is 31.7. The molecule has 0 saturated carbocycles. The molecule has 0 aliphatic carbocycles. The number of aryl methyl sites for hydroxylation is 2. The highest BCUT2D eigenvalue weighted by Crippen LogP contribution is 2.33. The molecule has 2 amide bonds. The SMILES string of the molecule is CC[C@@H](C)NC(=O)[C@@H](C)N(CCc1ccccc1)C(=O)CN(c1cc(C)cc(C)c1)S(=O)(=O)c1ccc(OC)c(OC)c1. The fraction of sp³-hybridized carbons (Fsp3) is 0.394. The van der Waals surface area contributed by atoms with Gasteiger partial charge in [0.05, 0.1) is 24.8 Å². The minimum atomic E-state index is -4.26. The first-order chi connectivity index (χ1) is 20.4. The Labute approximate surface area is 255 Å². The van der Waals surface area contributed by atoms with Crippen molar-refractivity contribution in [3.8, 4) is 11.5 Å². The molecule has 232 valence electrons. The van der Waals surface area contributed by atoms with Crippen LogP contribution in [0.2, 0.25) is 0 Å². The molecule has 3 aromatic rings. The van der Waals surface area contributed by atoms with Gasteiger partial charge in [-0.15, -0.1) is 0 Å². The molecule has 0 aliphatic heterocycles. The van der Waals surface area contributed by atoms with E-state index in [1.54, 1.807) is 19.1 Å². The molecule has 0 spiro atoms. The summed E-state index contributed by atoms with van der Waals surface area (Å²) in [5.41, 5.74) is 3.04. The monoisotopic (exact) mass is 609 g/mol. The number of anilines is 1. The molecule has 0 fully saturated rings. The van der Waals surface area contributed by atoms with Crippen molar-refractivity contribution in [2.75, 3.05) is 31.6 Å². The Hall–Kier alpha value is -4.05. The van der Waals surface area contributed by atoms with Crippen molar-refractivity contribution in [2.45, 2.75) is 64.4 Å². The van der Waals surface area contributed by atoms with E-state index in [0.29, 0.717) is 17.9 Å². The van der Waals surface area contributed by atoms with Gasteiger partial charge < -0.3 is 19.7 Å². The summed E-state index contributed by atoms with van der Waals surface area (Å²) in [5, 5.41) is 2.95. The summed E-state index contributed by atoms with van der Waals surface area (Å²) in [6.07, 6.45) is 1.24. The number of ether oxygens (including phenoxy) is 2. The zero-order valence-corrected chi connectivity index (χ0v) is 26.9. The fourth-order valence-electron chi connectivity index (χ4n) is 4.76. The highest BCUT2D eigenvalue weighted by Gasteiger charge is 2.33. The molecule has 1 N–H and O–H groups in total. The quantitative estimate of drug-likeness (QED) is 0.279. The van der Waals surface area contributed by atoms with Gasteiger partial charge in [0.1, 0.15) is 12.6 Å². The van der Waals surface area contributed by atoms with E-state index in [4.69, 9.17) is 9.47 Å². The molecular formula is C33H43N3O6S. The molecule has 0 heterocycles. The largest absolute Gasteiger partial charge is 0.493 e. The van der Waals surface area contributed by atoms with E-state index in [1.807, 2.05) is 64.1 Å². The minimum absolute atomic E-state index is 0.0597. The third kappa shape index (κ3) is 8.50. The van der Waals surface area contributed by atoms with Crippen LogP contribution in [0.25, 0.3) is 0 Å². The van der Waals surface area contributed by atoms with Gasteiger partial charge in [-0.2, -0.15) is 0 Å². The normalized spacial score (nSPS) is 12.6. The van der Waals surface area contributed by atoms with Crippen LogP contribution in [0.5, 0.6) is 11.5 Å². The maximum atomic E-state index is 14.2. The van der Waals surface area contributed by atoms with Gasteiger partial charge in [0.15, 0.2) is 11.5 Å². The summed E-state index contributed by atoms with van der Waals surface area (Å²) in [4.78, 5) is 28.7. The predicted octanol–water partition coefficient (Wildman–Crippen LogP) is 4.89. The van der Waals surface area contributed by atoms with Crippen molar-refractivity contribution in [3.63, 3.8) is 0 Å². The number of nitrogens with one attached hydrogen (secondary N) is 1. The van der Waals surface area contributed by atoms with Crippen LogP contribution in [0, 0.1) is 13.8 Å². The number of carbonyl (C=O) groups is 2. The standard InChI is InChI=1S/C33H43N3O6S/c1-8-25(4)34-33(38)26(5)35(17-16-27-12-10-9-11-13-27)32(37)22-36(28-19-23(2)18-24(3)20-28)43(39,40)29-14-15-30(41-6)31(21-29)42-7/h9-15,18-21,25-26H,8,16-17,22H2,1-7H3,(H,34,38)/t25-,26-/m1/s1. The number of hydrogen-bond donors (Lipinski definition) is 1. The van der Waals surface area contributed by atoms with Gasteiger partial charge in [0.25, 0.3) is 10.0 Å². The second kappa shape index (κ2) is 14.9. The Morgan fingerprint density at radius 1 is 0.884 bits per heavy atom. The maximum absolute atomic E-state index is 14.2. The van der Waals surface area contributed by atoms with E-state index in [9.17, 15) is 18.0 Å². The lowest BCUT2D eigenvalue weighted by Crippen LogP contribution is -2.53. The topological polar surface area (TPSA) is 105 Å². The molecule has 2 atom stereocenters. The Kier molecular flexibility index (Phi) is 11.6. The summed E-state index contributed by atoms with van der Waals surface area (Å²) in [6, 6.07) is 18.5. The van der Waals surface area contributed by atoms with Crippen molar-refractivity contribution < 1.29 is 27.5 Å². The lowest BCUT2D eigenvalue weighted by molar-refractivity contribution is -0.139. The molecule has 10 heteroatoms. The average molecular weight is 610 g/mol. The molecular weight excluding hydrogens is 566 g/mol. The van der Waals surface area contributed by atoms with Gasteiger partial charge in [-0.05, 0) is 81.5 Å². The van der Waals surface area contributed by atoms with Crippen LogP contribution in [0.3, 0.4) is 0 Å². The molecule has 9 nitrogen and oxygen atoms in total. The van der Waals surface area contributed by atoms with Crippen LogP contribution in [-0.4, -0.2) is 64.5 Å². The number of sulfonamides is 1. The van der Waals surface area contributed by atoms with Gasteiger partial charge >= 0.3 is 0 Å². The summed E-state index contributed by atoms with van der Waals surface area (Å²) in [5.74, 6) is -0.166. The first kappa shape index (κ1) is 33.5. The molecule has 0 radical (unpaired) electrons. The van der Waals surface area contributed by atoms with Crippen molar-refractivity contribution in [2.24, 2.45) is 0 Å². The maximum Gasteiger partial charge on any atom is 0.264 e. The van der Waals surface area contributed by atoms with Crippen LogP contribution in [-0.2, 0) is 26.0 Å². The molecule has 0 aromatic heterocycles. The number of carbonyl (C=O) groups excluding carboxylic acids is 2. The van der Waals surface area contributed by atoms with Crippen LogP contribution < -0.4 is 19.1 Å². The molecule has 0 saturated heterocycles. The molecule has 3 rings (SSSR count). The lowest BCUT2D eigenvalue weighted by Gasteiger charge is -2.32. The van der Waals surface area contributed by atoms with E-state index in [-0.39, 0.29) is 29.1 Å². The third-order valence-corrected chi connectivity index (χ3v) is 9.14. The number of rotatable bonds is 14. The van der Waals surface area contributed by atoms with Gasteiger partial charge in [0.2, 0.25) is 11.8 Å². The van der Waals surface area contributed by atoms with Crippen molar-refractivity contribution in [3.05, 3.63) is 83.4 Å². The highest BCUT2D eigenvalue weighted by molar-refractivity contribution is 7.92. The van der Waals surface area contributed by atoms with Gasteiger partial charge in [-0.25, -0.2) is 8.42 Å². The third-order valence-electron chi connectivity index (χ3n) is 7.37. The van der Waals surface area contributed by atoms with E-state index in [0.717, 1.165) is 27.4 Å². The number of hydrogen-bond acceptors (Lipinski definition) is 6. The second-order valence-electron chi connectivity index (χ2n) is 10.7.